The number of hydrogen-bond acceptors (Lipinski definition) is 1. The Morgan fingerprint density at radius 1 is 1.19 bits per heavy atom. The SMILES string of the molecule is Fc1cccc(-n2cnc(C(F)(F)F)c2)c1. The summed E-state index contributed by atoms with van der Waals surface area (Å²) < 4.78 is 50.7. The zero-order valence-electron chi connectivity index (χ0n) is 7.87. The average Bonchev–Trinajstić information content (AvgIpc) is 2.65. The van der Waals surface area contributed by atoms with Gasteiger partial charge in [-0.1, -0.05) is 6.07 Å². The molecule has 0 aliphatic heterocycles. The van der Waals surface area contributed by atoms with Crippen molar-refractivity contribution in [3.8, 4) is 5.69 Å². The van der Waals surface area contributed by atoms with E-state index in [1.807, 2.05) is 0 Å². The predicted octanol–water partition coefficient (Wildman–Crippen LogP) is 3.03. The van der Waals surface area contributed by atoms with Crippen molar-refractivity contribution in [2.45, 2.75) is 6.18 Å². The Balaban J connectivity index is 2.39. The van der Waals surface area contributed by atoms with Gasteiger partial charge in [-0.05, 0) is 18.2 Å². The van der Waals surface area contributed by atoms with Crippen LogP contribution in [0.2, 0.25) is 0 Å². The van der Waals surface area contributed by atoms with Crippen LogP contribution < -0.4 is 0 Å². The van der Waals surface area contributed by atoms with Gasteiger partial charge in [-0.2, -0.15) is 13.2 Å². The number of alkyl halides is 3. The van der Waals surface area contributed by atoms with Gasteiger partial charge < -0.3 is 4.57 Å². The van der Waals surface area contributed by atoms with Gasteiger partial charge in [-0.15, -0.1) is 0 Å². The summed E-state index contributed by atoms with van der Waals surface area (Å²) in [5, 5.41) is 0. The number of aromatic nitrogens is 2. The maximum Gasteiger partial charge on any atom is 0.434 e. The topological polar surface area (TPSA) is 17.8 Å². The standard InChI is InChI=1S/C10H6F4N2/c11-7-2-1-3-8(4-7)16-5-9(15-6-16)10(12,13)14/h1-6H. The van der Waals surface area contributed by atoms with Gasteiger partial charge in [0.15, 0.2) is 5.69 Å². The highest BCUT2D eigenvalue weighted by molar-refractivity contribution is 5.32. The summed E-state index contributed by atoms with van der Waals surface area (Å²) in [6.07, 6.45) is -2.68. The monoisotopic (exact) mass is 230 g/mol. The Labute approximate surface area is 88.2 Å². The number of nitrogens with zero attached hydrogens (tertiary/aromatic N) is 2. The molecule has 6 heteroatoms. The minimum absolute atomic E-state index is 0.294. The molecule has 0 spiro atoms. The molecule has 1 aromatic heterocycles. The van der Waals surface area contributed by atoms with Crippen LogP contribution >= 0.6 is 0 Å². The molecule has 0 atom stereocenters. The normalized spacial score (nSPS) is 11.8. The van der Waals surface area contributed by atoms with Crippen molar-refractivity contribution in [1.29, 1.82) is 0 Å². The second kappa shape index (κ2) is 3.62. The summed E-state index contributed by atoms with van der Waals surface area (Å²) in [7, 11) is 0. The molecule has 2 rings (SSSR count). The summed E-state index contributed by atoms with van der Waals surface area (Å²) in [6, 6.07) is 5.25. The molecule has 0 saturated heterocycles. The molecular weight excluding hydrogens is 224 g/mol. The fourth-order valence-electron chi connectivity index (χ4n) is 1.25. The van der Waals surface area contributed by atoms with Crippen LogP contribution in [0.3, 0.4) is 0 Å². The van der Waals surface area contributed by atoms with E-state index in [1.54, 1.807) is 0 Å². The summed E-state index contributed by atoms with van der Waals surface area (Å²) >= 11 is 0. The lowest BCUT2D eigenvalue weighted by atomic mass is 10.3. The minimum atomic E-state index is -4.49. The second-order valence-corrected chi connectivity index (χ2v) is 3.14. The second-order valence-electron chi connectivity index (χ2n) is 3.14. The van der Waals surface area contributed by atoms with E-state index in [4.69, 9.17) is 0 Å². The van der Waals surface area contributed by atoms with E-state index in [-0.39, 0.29) is 0 Å². The Morgan fingerprint density at radius 3 is 2.50 bits per heavy atom. The number of halogens is 4. The Bertz CT molecular complexity index is 502. The number of rotatable bonds is 1. The van der Waals surface area contributed by atoms with Crippen molar-refractivity contribution >= 4 is 0 Å². The summed E-state index contributed by atoms with van der Waals surface area (Å²) in [4.78, 5) is 3.21. The van der Waals surface area contributed by atoms with Crippen molar-refractivity contribution in [3.05, 3.63) is 48.3 Å². The van der Waals surface area contributed by atoms with Gasteiger partial charge >= 0.3 is 6.18 Å². The van der Waals surface area contributed by atoms with Gasteiger partial charge in [0.1, 0.15) is 5.82 Å². The molecular formula is C10H6F4N2. The van der Waals surface area contributed by atoms with E-state index in [1.165, 1.54) is 18.2 Å². The van der Waals surface area contributed by atoms with Gasteiger partial charge in [-0.3, -0.25) is 0 Å². The van der Waals surface area contributed by atoms with E-state index >= 15 is 0 Å². The fourth-order valence-corrected chi connectivity index (χ4v) is 1.25. The van der Waals surface area contributed by atoms with Gasteiger partial charge in [0.25, 0.3) is 0 Å². The van der Waals surface area contributed by atoms with Crippen molar-refractivity contribution < 1.29 is 17.6 Å². The van der Waals surface area contributed by atoms with Crippen LogP contribution in [0.15, 0.2) is 36.8 Å². The van der Waals surface area contributed by atoms with E-state index in [0.29, 0.717) is 5.69 Å². The first kappa shape index (κ1) is 10.7. The highest BCUT2D eigenvalue weighted by Crippen LogP contribution is 2.28. The minimum Gasteiger partial charge on any atom is -0.306 e. The molecule has 2 nitrogen and oxygen atoms in total. The molecule has 0 aliphatic carbocycles. The van der Waals surface area contributed by atoms with Crippen LogP contribution in [0.5, 0.6) is 0 Å². The van der Waals surface area contributed by atoms with Crippen molar-refractivity contribution in [2.24, 2.45) is 0 Å². The summed E-state index contributed by atoms with van der Waals surface area (Å²) in [5.41, 5.74) is -0.709. The molecule has 0 unspecified atom stereocenters. The largest absolute Gasteiger partial charge is 0.434 e. The van der Waals surface area contributed by atoms with Crippen LogP contribution in [0, 0.1) is 5.82 Å². The predicted molar refractivity (Wildman–Crippen MR) is 48.5 cm³/mol. The lowest BCUT2D eigenvalue weighted by molar-refractivity contribution is -0.140. The molecule has 0 amide bonds. The highest BCUT2D eigenvalue weighted by atomic mass is 19.4. The van der Waals surface area contributed by atoms with E-state index in [9.17, 15) is 17.6 Å². The van der Waals surface area contributed by atoms with Crippen LogP contribution in [0.1, 0.15) is 5.69 Å². The van der Waals surface area contributed by atoms with E-state index < -0.39 is 17.7 Å². The van der Waals surface area contributed by atoms with Crippen LogP contribution in [-0.2, 0) is 6.18 Å². The lowest BCUT2D eigenvalue weighted by Gasteiger charge is -2.02. The molecule has 1 heterocycles. The Kier molecular flexibility index (Phi) is 2.41. The zero-order chi connectivity index (χ0) is 11.8. The smallest absolute Gasteiger partial charge is 0.306 e. The van der Waals surface area contributed by atoms with Gasteiger partial charge in [0.2, 0.25) is 0 Å². The third-order valence-corrected chi connectivity index (χ3v) is 1.98. The number of imidazole rings is 1. The van der Waals surface area contributed by atoms with Crippen molar-refractivity contribution in [3.63, 3.8) is 0 Å². The molecule has 16 heavy (non-hydrogen) atoms. The first-order chi connectivity index (χ1) is 7.47. The molecule has 0 N–H and O–H groups in total. The van der Waals surface area contributed by atoms with Crippen LogP contribution in [0.25, 0.3) is 5.69 Å². The molecule has 0 bridgehead atoms. The van der Waals surface area contributed by atoms with Gasteiger partial charge in [-0.25, -0.2) is 9.37 Å². The lowest BCUT2D eigenvalue weighted by Crippen LogP contribution is -2.04. The highest BCUT2D eigenvalue weighted by Gasteiger charge is 2.33. The molecule has 0 radical (unpaired) electrons. The molecule has 2 aromatic rings. The number of hydrogen-bond donors (Lipinski definition) is 0. The first-order valence-electron chi connectivity index (χ1n) is 4.34. The molecule has 0 saturated carbocycles. The van der Waals surface area contributed by atoms with Crippen LogP contribution in [0.4, 0.5) is 17.6 Å². The van der Waals surface area contributed by atoms with Crippen molar-refractivity contribution in [2.75, 3.05) is 0 Å². The third kappa shape index (κ3) is 2.05. The van der Waals surface area contributed by atoms with Crippen LogP contribution in [-0.4, -0.2) is 9.55 Å². The quantitative estimate of drug-likeness (QED) is 0.688. The van der Waals surface area contributed by atoms with E-state index in [0.717, 1.165) is 23.2 Å². The summed E-state index contributed by atoms with van der Waals surface area (Å²) in [5.74, 6) is -0.514. The average molecular weight is 230 g/mol. The maximum atomic E-state index is 12.8. The molecule has 84 valence electrons. The van der Waals surface area contributed by atoms with Crippen molar-refractivity contribution in [1.82, 2.24) is 9.55 Å². The Morgan fingerprint density at radius 2 is 1.94 bits per heavy atom. The Hall–Kier alpha value is -1.85. The fraction of sp³-hybridized carbons (Fsp3) is 0.100. The first-order valence-corrected chi connectivity index (χ1v) is 4.34. The molecule has 0 aliphatic rings. The molecule has 0 fully saturated rings. The zero-order valence-corrected chi connectivity index (χ0v) is 7.87. The summed E-state index contributed by atoms with van der Waals surface area (Å²) in [6.45, 7) is 0. The van der Waals surface area contributed by atoms with Gasteiger partial charge in [0, 0.05) is 11.9 Å². The maximum absolute atomic E-state index is 12.8. The number of benzene rings is 1. The van der Waals surface area contributed by atoms with Gasteiger partial charge in [0.05, 0.1) is 6.33 Å². The van der Waals surface area contributed by atoms with E-state index in [2.05, 4.69) is 4.98 Å². The molecule has 1 aromatic carbocycles. The third-order valence-electron chi connectivity index (χ3n) is 1.98.